The van der Waals surface area contributed by atoms with Gasteiger partial charge in [0.1, 0.15) is 0 Å². The van der Waals surface area contributed by atoms with E-state index in [9.17, 15) is 0 Å². The van der Waals surface area contributed by atoms with Crippen LogP contribution >= 0.6 is 0 Å². The highest BCUT2D eigenvalue weighted by Gasteiger charge is 2.09. The summed E-state index contributed by atoms with van der Waals surface area (Å²) in [5, 5.41) is 0. The third-order valence-electron chi connectivity index (χ3n) is 0.757. The van der Waals surface area contributed by atoms with E-state index >= 15 is 0 Å². The molecular weight excluding hydrogens is 122 g/mol. The van der Waals surface area contributed by atoms with E-state index in [-0.39, 0.29) is 0 Å². The second kappa shape index (κ2) is 5.33. The molecule has 10 heavy (non-hydrogen) atoms. The summed E-state index contributed by atoms with van der Waals surface area (Å²) < 4.78 is 0. The predicted octanol–water partition coefficient (Wildman–Crippen LogP) is 2.92. The molecule has 0 aromatic carbocycles. The van der Waals surface area contributed by atoms with Crippen LogP contribution in [0, 0.1) is 5.41 Å². The van der Waals surface area contributed by atoms with Gasteiger partial charge in [-0.25, -0.2) is 0 Å². The molecule has 0 heterocycles. The van der Waals surface area contributed by atoms with Crippen LogP contribution in [0.15, 0.2) is 12.3 Å². The molecule has 0 atom stereocenters. The molecule has 0 saturated heterocycles. The van der Waals surface area contributed by atoms with Crippen LogP contribution < -0.4 is 5.73 Å². The minimum atomic E-state index is 0.297. The lowest BCUT2D eigenvalue weighted by Crippen LogP contribution is -2.09. The highest BCUT2D eigenvalue weighted by molar-refractivity contribution is 4.90. The summed E-state index contributed by atoms with van der Waals surface area (Å²) in [4.78, 5) is 0. The van der Waals surface area contributed by atoms with E-state index < -0.39 is 0 Å². The fraction of sp³-hybridized carbons (Fsp3) is 0.778. The number of hydrogen-bond donors (Lipinski definition) is 1. The molecule has 1 nitrogen and oxygen atoms in total. The highest BCUT2D eigenvalue weighted by atomic mass is 14.6. The predicted molar refractivity (Wildman–Crippen MR) is 48.7 cm³/mol. The lowest BCUT2D eigenvalue weighted by atomic mass is 9.91. The molecule has 0 saturated carbocycles. The molecule has 0 spiro atoms. The Kier molecular flexibility index (Phi) is 6.53. The van der Waals surface area contributed by atoms with Gasteiger partial charge in [-0.3, -0.25) is 0 Å². The number of rotatable bonds is 1. The molecule has 0 amide bonds. The van der Waals surface area contributed by atoms with Crippen LogP contribution in [0.5, 0.6) is 0 Å². The van der Waals surface area contributed by atoms with Crippen LogP contribution in [0.25, 0.3) is 0 Å². The molecule has 1 heteroatoms. The summed E-state index contributed by atoms with van der Waals surface area (Å²) in [6.07, 6.45) is 0.910. The largest absolute Gasteiger partial charge is 0.402 e. The first kappa shape index (κ1) is 12.2. The van der Waals surface area contributed by atoms with Crippen molar-refractivity contribution in [2.24, 2.45) is 11.1 Å². The van der Waals surface area contributed by atoms with Crippen molar-refractivity contribution in [2.45, 2.75) is 41.0 Å². The number of hydrogen-bond acceptors (Lipinski definition) is 1. The van der Waals surface area contributed by atoms with E-state index in [4.69, 9.17) is 5.73 Å². The normalized spacial score (nSPS) is 9.70. The maximum Gasteiger partial charge on any atom is 0.00127 e. The highest BCUT2D eigenvalue weighted by Crippen LogP contribution is 2.20. The lowest BCUT2D eigenvalue weighted by Gasteiger charge is -2.16. The summed E-state index contributed by atoms with van der Waals surface area (Å²) in [7, 11) is 0. The molecule has 0 aliphatic heterocycles. The molecule has 0 unspecified atom stereocenters. The van der Waals surface area contributed by atoms with Crippen molar-refractivity contribution in [1.29, 1.82) is 0 Å². The average Bonchev–Trinajstić information content (AvgIpc) is 1.64. The van der Waals surface area contributed by atoms with Crippen molar-refractivity contribution in [3.8, 4) is 0 Å². The molecular formula is C9H21N. The summed E-state index contributed by atoms with van der Waals surface area (Å²) >= 11 is 0. The summed E-state index contributed by atoms with van der Waals surface area (Å²) in [6.45, 7) is 14.0. The SMILES string of the molecule is C=C(N)CC(C)(C)C.CC. The van der Waals surface area contributed by atoms with E-state index in [2.05, 4.69) is 27.4 Å². The van der Waals surface area contributed by atoms with E-state index in [1.807, 2.05) is 13.8 Å². The Morgan fingerprint density at radius 1 is 1.30 bits per heavy atom. The summed E-state index contributed by atoms with van der Waals surface area (Å²) in [5.74, 6) is 0. The second-order valence-electron chi connectivity index (χ2n) is 3.40. The van der Waals surface area contributed by atoms with E-state index in [1.54, 1.807) is 0 Å². The molecule has 0 aliphatic rings. The van der Waals surface area contributed by atoms with Crippen LogP contribution in [-0.2, 0) is 0 Å². The molecule has 0 bridgehead atoms. The zero-order valence-electron chi connectivity index (χ0n) is 7.99. The number of nitrogens with two attached hydrogens (primary N) is 1. The van der Waals surface area contributed by atoms with Gasteiger partial charge in [0, 0.05) is 5.70 Å². The maximum absolute atomic E-state index is 5.38. The van der Waals surface area contributed by atoms with E-state index in [1.165, 1.54) is 0 Å². The third kappa shape index (κ3) is 15.6. The van der Waals surface area contributed by atoms with Gasteiger partial charge in [0.2, 0.25) is 0 Å². The van der Waals surface area contributed by atoms with Gasteiger partial charge in [-0.1, -0.05) is 41.2 Å². The minimum Gasteiger partial charge on any atom is -0.402 e. The minimum absolute atomic E-state index is 0.297. The average molecular weight is 143 g/mol. The van der Waals surface area contributed by atoms with Gasteiger partial charge in [-0.05, 0) is 11.8 Å². The zero-order valence-corrected chi connectivity index (χ0v) is 7.99. The molecule has 0 aromatic heterocycles. The Bertz CT molecular complexity index is 87.4. The molecule has 0 aromatic rings. The van der Waals surface area contributed by atoms with Crippen molar-refractivity contribution in [1.82, 2.24) is 0 Å². The van der Waals surface area contributed by atoms with Crippen LogP contribution in [-0.4, -0.2) is 0 Å². The smallest absolute Gasteiger partial charge is 0.00127 e. The Morgan fingerprint density at radius 2 is 1.60 bits per heavy atom. The molecule has 0 aliphatic carbocycles. The standard InChI is InChI=1S/C7H15N.C2H6/c1-6(8)5-7(2,3)4;1-2/h1,5,8H2,2-4H3;1-2H3. The van der Waals surface area contributed by atoms with Gasteiger partial charge in [0.25, 0.3) is 0 Å². The topological polar surface area (TPSA) is 26.0 Å². The Hall–Kier alpha value is -0.460. The molecule has 2 N–H and O–H groups in total. The van der Waals surface area contributed by atoms with Gasteiger partial charge in [0.15, 0.2) is 0 Å². The quantitative estimate of drug-likeness (QED) is 0.600. The summed E-state index contributed by atoms with van der Waals surface area (Å²) in [6, 6.07) is 0. The maximum atomic E-state index is 5.38. The first-order valence-corrected chi connectivity index (χ1v) is 3.85. The fourth-order valence-electron chi connectivity index (χ4n) is 0.681. The Labute approximate surface area is 65.3 Å². The molecule has 0 radical (unpaired) electrons. The van der Waals surface area contributed by atoms with Gasteiger partial charge in [-0.15, -0.1) is 0 Å². The van der Waals surface area contributed by atoms with Gasteiger partial charge in [0.05, 0.1) is 0 Å². The lowest BCUT2D eigenvalue weighted by molar-refractivity contribution is 0.408. The van der Waals surface area contributed by atoms with Crippen molar-refractivity contribution < 1.29 is 0 Å². The van der Waals surface area contributed by atoms with Crippen LogP contribution in [0.3, 0.4) is 0 Å². The number of allylic oxidation sites excluding steroid dienone is 1. The summed E-state index contributed by atoms with van der Waals surface area (Å²) in [5.41, 5.74) is 6.46. The first-order chi connectivity index (χ1) is 4.42. The molecule has 62 valence electrons. The Balaban J connectivity index is 0. The molecule has 0 rings (SSSR count). The van der Waals surface area contributed by atoms with Crippen LogP contribution in [0.2, 0.25) is 0 Å². The van der Waals surface area contributed by atoms with Crippen molar-refractivity contribution in [3.63, 3.8) is 0 Å². The third-order valence-corrected chi connectivity index (χ3v) is 0.757. The Morgan fingerprint density at radius 3 is 1.60 bits per heavy atom. The zero-order chi connectivity index (χ0) is 8.78. The van der Waals surface area contributed by atoms with E-state index in [0.29, 0.717) is 5.41 Å². The second-order valence-corrected chi connectivity index (χ2v) is 3.40. The fourth-order valence-corrected chi connectivity index (χ4v) is 0.681. The van der Waals surface area contributed by atoms with Gasteiger partial charge < -0.3 is 5.73 Å². The van der Waals surface area contributed by atoms with Gasteiger partial charge >= 0.3 is 0 Å². The van der Waals surface area contributed by atoms with Crippen LogP contribution in [0.4, 0.5) is 0 Å². The van der Waals surface area contributed by atoms with Crippen molar-refractivity contribution >= 4 is 0 Å². The van der Waals surface area contributed by atoms with Gasteiger partial charge in [-0.2, -0.15) is 0 Å². The van der Waals surface area contributed by atoms with Crippen molar-refractivity contribution in [2.75, 3.05) is 0 Å². The van der Waals surface area contributed by atoms with E-state index in [0.717, 1.165) is 12.1 Å². The van der Waals surface area contributed by atoms with Crippen LogP contribution in [0.1, 0.15) is 41.0 Å². The monoisotopic (exact) mass is 143 g/mol. The van der Waals surface area contributed by atoms with Crippen molar-refractivity contribution in [3.05, 3.63) is 12.3 Å². The first-order valence-electron chi connectivity index (χ1n) is 3.85. The molecule has 0 fully saturated rings.